The number of hydrogen-bond acceptors (Lipinski definition) is 13. The Kier molecular flexibility index (Phi) is 12.4. The molecule has 2 aromatic rings. The Morgan fingerprint density at radius 2 is 1.67 bits per heavy atom. The fraction of sp³-hybridized carbons (Fsp3) is 0.609. The van der Waals surface area contributed by atoms with Crippen LogP contribution in [-0.4, -0.2) is 125 Å². The second-order valence-corrected chi connectivity index (χ2v) is 18.4. The van der Waals surface area contributed by atoms with Crippen molar-refractivity contribution in [2.45, 2.75) is 133 Å². The maximum Gasteiger partial charge on any atom is 0.327 e. The highest BCUT2D eigenvalue weighted by atomic mass is 16.8. The molecule has 2 aromatic carbocycles. The van der Waals surface area contributed by atoms with Gasteiger partial charge in [0.2, 0.25) is 11.8 Å². The molecule has 2 amide bonds. The first-order valence-corrected chi connectivity index (χ1v) is 21.7. The van der Waals surface area contributed by atoms with Crippen LogP contribution in [0.25, 0.3) is 6.08 Å². The summed E-state index contributed by atoms with van der Waals surface area (Å²) in [7, 11) is 1.57. The van der Waals surface area contributed by atoms with Gasteiger partial charge in [0.15, 0.2) is 11.8 Å². The highest BCUT2D eigenvalue weighted by Crippen LogP contribution is 2.64. The standard InChI is InChI=1S/C46H59N3O12/c1-44(2,3)58-36(52)19-18-33(27-51)47-41(53)34(24-29-8-6-5-7-9-29)48(4)43(55)45-25-35-37-38(60-46(59-37,31-14-15-31)32-16-17-32)40(45)61-49(39(45)42(54)57-35)26-30-12-10-28(11-13-30)20-22-56-23-21-50/h5-13,20,22,31-35,37-40,50-51H,14-19,21,23-27H2,1-4H3,(H,47,53). The minimum atomic E-state index is -1.52. The number of hydrogen-bond donors (Lipinski definition) is 3. The molecule has 0 radical (unpaired) electrons. The van der Waals surface area contributed by atoms with E-state index in [1.54, 1.807) is 39.0 Å². The summed E-state index contributed by atoms with van der Waals surface area (Å²) < 4.78 is 30.9. The Bertz CT molecular complexity index is 1930. The molecule has 3 saturated carbocycles. The van der Waals surface area contributed by atoms with E-state index >= 15 is 4.79 Å². The molecule has 15 heteroatoms. The number of amides is 2. The summed E-state index contributed by atoms with van der Waals surface area (Å²) >= 11 is 0. The van der Waals surface area contributed by atoms with E-state index in [-0.39, 0.29) is 57.3 Å². The van der Waals surface area contributed by atoms with Gasteiger partial charge in [0, 0.05) is 38.1 Å². The number of rotatable bonds is 18. The van der Waals surface area contributed by atoms with E-state index in [0.29, 0.717) is 0 Å². The van der Waals surface area contributed by atoms with Crippen molar-refractivity contribution in [1.82, 2.24) is 15.3 Å². The molecule has 2 bridgehead atoms. The fourth-order valence-corrected chi connectivity index (χ4v) is 9.71. The van der Waals surface area contributed by atoms with Crippen LogP contribution in [0.2, 0.25) is 0 Å². The third kappa shape index (κ3) is 8.82. The van der Waals surface area contributed by atoms with Gasteiger partial charge in [0.05, 0.1) is 32.1 Å². The first-order valence-electron chi connectivity index (χ1n) is 21.7. The largest absolute Gasteiger partial charge is 0.499 e. The van der Waals surface area contributed by atoms with Crippen LogP contribution in [0.15, 0.2) is 60.9 Å². The van der Waals surface area contributed by atoms with Crippen LogP contribution in [-0.2, 0) is 60.7 Å². The fourth-order valence-electron chi connectivity index (χ4n) is 9.71. The van der Waals surface area contributed by atoms with Crippen LogP contribution < -0.4 is 5.32 Å². The number of nitrogens with one attached hydrogen (secondary N) is 1. The van der Waals surface area contributed by atoms with Crippen molar-refractivity contribution in [3.63, 3.8) is 0 Å². The summed E-state index contributed by atoms with van der Waals surface area (Å²) in [6.45, 7) is 5.11. The van der Waals surface area contributed by atoms with Gasteiger partial charge in [-0.15, -0.1) is 0 Å². The average Bonchev–Trinajstić information content (AvgIpc) is 4.19. The number of hydroxylamine groups is 2. The Balaban J connectivity index is 1.10. The zero-order valence-electron chi connectivity index (χ0n) is 35.4. The minimum absolute atomic E-state index is 0.0314. The summed E-state index contributed by atoms with van der Waals surface area (Å²) in [5, 5.41) is 23.8. The smallest absolute Gasteiger partial charge is 0.327 e. The van der Waals surface area contributed by atoms with E-state index < -0.39 is 89.7 Å². The first-order chi connectivity index (χ1) is 29.3. The highest BCUT2D eigenvalue weighted by Gasteiger charge is 2.78. The predicted molar refractivity (Wildman–Crippen MR) is 218 cm³/mol. The van der Waals surface area contributed by atoms with Gasteiger partial charge < -0.3 is 44.1 Å². The molecule has 3 N–H and O–H groups in total. The van der Waals surface area contributed by atoms with Gasteiger partial charge >= 0.3 is 11.9 Å². The average molecular weight is 846 g/mol. The normalized spacial score (nSPS) is 28.8. The van der Waals surface area contributed by atoms with Crippen LogP contribution >= 0.6 is 0 Å². The summed E-state index contributed by atoms with van der Waals surface area (Å²) in [6.07, 6.45) is 4.41. The molecule has 6 aliphatic rings. The number of aliphatic hydroxyl groups excluding tert-OH is 2. The number of likely N-dealkylation sites (N-methyl/N-ethyl adjacent to an activating group) is 1. The topological polar surface area (TPSA) is 183 Å². The zero-order chi connectivity index (χ0) is 43.1. The molecule has 3 aliphatic heterocycles. The van der Waals surface area contributed by atoms with Crippen molar-refractivity contribution in [2.75, 3.05) is 26.9 Å². The van der Waals surface area contributed by atoms with E-state index in [1.165, 1.54) is 11.2 Å². The Morgan fingerprint density at radius 1 is 0.984 bits per heavy atom. The summed E-state index contributed by atoms with van der Waals surface area (Å²) in [5.74, 6) is -2.46. The van der Waals surface area contributed by atoms with Gasteiger partial charge in [0.25, 0.3) is 0 Å². The predicted octanol–water partition coefficient (Wildman–Crippen LogP) is 3.44. The summed E-state index contributed by atoms with van der Waals surface area (Å²) in [5.41, 5.74) is 0.262. The number of nitrogens with zero attached hydrogens (tertiary/aromatic N) is 2. The molecule has 0 spiro atoms. The van der Waals surface area contributed by atoms with Crippen molar-refractivity contribution in [1.29, 1.82) is 0 Å². The molecule has 3 aliphatic carbocycles. The molecule has 8 atom stereocenters. The van der Waals surface area contributed by atoms with Crippen LogP contribution in [0.3, 0.4) is 0 Å². The first kappa shape index (κ1) is 43.3. The van der Waals surface area contributed by atoms with Gasteiger partial charge in [-0.2, -0.15) is 5.06 Å². The maximum absolute atomic E-state index is 15.7. The Labute approximate surface area is 356 Å². The molecular formula is C46H59N3O12. The number of ether oxygens (including phenoxy) is 5. The molecule has 330 valence electrons. The molecule has 8 unspecified atom stereocenters. The molecule has 0 aromatic heterocycles. The third-order valence-electron chi connectivity index (χ3n) is 12.8. The lowest BCUT2D eigenvalue weighted by Gasteiger charge is -2.50. The van der Waals surface area contributed by atoms with Crippen LogP contribution in [0.4, 0.5) is 0 Å². The lowest BCUT2D eigenvalue weighted by Crippen LogP contribution is -2.70. The van der Waals surface area contributed by atoms with E-state index in [2.05, 4.69) is 5.32 Å². The van der Waals surface area contributed by atoms with Crippen molar-refractivity contribution in [3.05, 3.63) is 77.5 Å². The van der Waals surface area contributed by atoms with Crippen molar-refractivity contribution >= 4 is 29.8 Å². The molecule has 8 rings (SSSR count). The van der Waals surface area contributed by atoms with Crippen LogP contribution in [0, 0.1) is 17.3 Å². The van der Waals surface area contributed by atoms with E-state index in [1.807, 2.05) is 54.6 Å². The van der Waals surface area contributed by atoms with Crippen molar-refractivity contribution in [2.24, 2.45) is 17.3 Å². The molecule has 61 heavy (non-hydrogen) atoms. The number of aliphatic hydroxyl groups is 2. The monoisotopic (exact) mass is 845 g/mol. The lowest BCUT2D eigenvalue weighted by atomic mass is 9.62. The van der Waals surface area contributed by atoms with Gasteiger partial charge in [-0.1, -0.05) is 54.6 Å². The minimum Gasteiger partial charge on any atom is -0.499 e. The maximum atomic E-state index is 15.7. The SMILES string of the molecule is CN(C(=O)C12CC3OC(=O)C1N(Cc1ccc(C=COCCO)cc1)OC2C1OC(C2CC2)(C2CC2)OC31)C(Cc1ccccc1)C(=O)NC(CO)CCC(=O)OC(C)(C)C. The van der Waals surface area contributed by atoms with Crippen LogP contribution in [0.1, 0.15) is 82.4 Å². The van der Waals surface area contributed by atoms with Crippen LogP contribution in [0.5, 0.6) is 0 Å². The quantitative estimate of drug-likeness (QED) is 0.113. The lowest BCUT2D eigenvalue weighted by molar-refractivity contribution is -0.235. The molecular weight excluding hydrogens is 787 g/mol. The zero-order valence-corrected chi connectivity index (χ0v) is 35.4. The number of fused-ring (bicyclic) bond motifs is 4. The highest BCUT2D eigenvalue weighted by molar-refractivity contribution is 5.96. The van der Waals surface area contributed by atoms with Gasteiger partial charge in [-0.3, -0.25) is 24.0 Å². The number of esters is 2. The molecule has 6 fully saturated rings. The Hall–Kier alpha value is -4.38. The number of carbonyl (C=O) groups is 4. The number of benzene rings is 2. The van der Waals surface area contributed by atoms with Gasteiger partial charge in [-0.05, 0) is 75.6 Å². The summed E-state index contributed by atoms with van der Waals surface area (Å²) in [6, 6.07) is 13.9. The molecule has 3 heterocycles. The van der Waals surface area contributed by atoms with E-state index in [4.69, 9.17) is 33.6 Å². The van der Waals surface area contributed by atoms with Gasteiger partial charge in [-0.25, -0.2) is 0 Å². The summed E-state index contributed by atoms with van der Waals surface area (Å²) in [4.78, 5) is 65.5. The number of carbonyl (C=O) groups excluding carboxylic acids is 4. The van der Waals surface area contributed by atoms with Gasteiger partial charge in [0.1, 0.15) is 48.1 Å². The second kappa shape index (κ2) is 17.4. The molecule has 15 nitrogen and oxygen atoms in total. The third-order valence-corrected chi connectivity index (χ3v) is 12.8. The van der Waals surface area contributed by atoms with E-state index in [0.717, 1.165) is 42.4 Å². The van der Waals surface area contributed by atoms with Crippen molar-refractivity contribution in [3.8, 4) is 0 Å². The second-order valence-electron chi connectivity index (χ2n) is 18.4. The van der Waals surface area contributed by atoms with E-state index in [9.17, 15) is 19.5 Å². The van der Waals surface area contributed by atoms with Crippen molar-refractivity contribution < 1.29 is 57.9 Å². The Morgan fingerprint density at radius 3 is 2.31 bits per heavy atom. The molecule has 3 saturated heterocycles.